The molecule has 0 aliphatic heterocycles. The topological polar surface area (TPSA) is 106 Å². The third-order valence-corrected chi connectivity index (χ3v) is 3.35. The van der Waals surface area contributed by atoms with E-state index < -0.39 is 4.92 Å². The minimum Gasteiger partial charge on any atom is -0.436 e. The van der Waals surface area contributed by atoms with Crippen molar-refractivity contribution < 1.29 is 14.5 Å². The highest BCUT2D eigenvalue weighted by atomic mass is 35.5. The zero-order chi connectivity index (χ0) is 14.7. The van der Waals surface area contributed by atoms with Crippen LogP contribution in [0, 0.1) is 21.4 Å². The molecule has 7 nitrogen and oxygen atoms in total. The molecule has 0 unspecified atom stereocenters. The standard InChI is InChI=1S/C11H4ClN3O4S/c12-10-7(4-13)11(20-14-10)19-9-2-1-6(5-16)3-8(9)15(17)18/h1-3,5H. The van der Waals surface area contributed by atoms with E-state index in [-0.39, 0.29) is 32.8 Å². The van der Waals surface area contributed by atoms with Gasteiger partial charge in [0.2, 0.25) is 10.8 Å². The van der Waals surface area contributed by atoms with Crippen molar-refractivity contribution in [3.63, 3.8) is 0 Å². The van der Waals surface area contributed by atoms with E-state index in [1.54, 1.807) is 6.07 Å². The van der Waals surface area contributed by atoms with Gasteiger partial charge in [-0.3, -0.25) is 14.9 Å². The van der Waals surface area contributed by atoms with Crippen LogP contribution in [0.15, 0.2) is 18.2 Å². The zero-order valence-electron chi connectivity index (χ0n) is 9.57. The first-order chi connectivity index (χ1) is 9.56. The summed E-state index contributed by atoms with van der Waals surface area (Å²) in [7, 11) is 0. The van der Waals surface area contributed by atoms with Gasteiger partial charge in [-0.25, -0.2) is 0 Å². The second-order valence-electron chi connectivity index (χ2n) is 3.45. The van der Waals surface area contributed by atoms with Crippen LogP contribution in [0.25, 0.3) is 0 Å². The molecule has 9 heteroatoms. The largest absolute Gasteiger partial charge is 0.436 e. The van der Waals surface area contributed by atoms with Crippen LogP contribution in [0.5, 0.6) is 10.8 Å². The second kappa shape index (κ2) is 5.64. The highest BCUT2D eigenvalue weighted by Crippen LogP contribution is 2.37. The van der Waals surface area contributed by atoms with E-state index in [1.807, 2.05) is 0 Å². The summed E-state index contributed by atoms with van der Waals surface area (Å²) in [4.78, 5) is 20.9. The number of nitriles is 1. The van der Waals surface area contributed by atoms with Gasteiger partial charge in [0.15, 0.2) is 5.15 Å². The predicted octanol–water partition coefficient (Wildman–Crippen LogP) is 3.18. The molecule has 0 fully saturated rings. The molecule has 100 valence electrons. The van der Waals surface area contributed by atoms with Crippen molar-refractivity contribution in [2.75, 3.05) is 0 Å². The van der Waals surface area contributed by atoms with Crippen LogP contribution in [-0.4, -0.2) is 15.6 Å². The first-order valence-electron chi connectivity index (χ1n) is 5.03. The van der Waals surface area contributed by atoms with E-state index in [2.05, 4.69) is 4.37 Å². The Labute approximate surface area is 121 Å². The first-order valence-corrected chi connectivity index (χ1v) is 6.18. The average Bonchev–Trinajstić information content (AvgIpc) is 2.79. The lowest BCUT2D eigenvalue weighted by Crippen LogP contribution is -1.95. The van der Waals surface area contributed by atoms with Gasteiger partial charge in [-0.1, -0.05) is 11.6 Å². The average molecular weight is 310 g/mol. The molecule has 0 radical (unpaired) electrons. The van der Waals surface area contributed by atoms with Crippen molar-refractivity contribution in [3.05, 3.63) is 44.6 Å². The normalized spacial score (nSPS) is 9.80. The Morgan fingerprint density at radius 1 is 1.55 bits per heavy atom. The molecule has 20 heavy (non-hydrogen) atoms. The molecule has 2 rings (SSSR count). The summed E-state index contributed by atoms with van der Waals surface area (Å²) in [5.41, 5.74) is -0.236. The van der Waals surface area contributed by atoms with Crippen LogP contribution in [-0.2, 0) is 0 Å². The highest BCUT2D eigenvalue weighted by molar-refractivity contribution is 7.08. The molecule has 0 saturated heterocycles. The first kappa shape index (κ1) is 13.9. The van der Waals surface area contributed by atoms with E-state index in [0.29, 0.717) is 6.29 Å². The maximum Gasteiger partial charge on any atom is 0.312 e. The number of aldehydes is 1. The lowest BCUT2D eigenvalue weighted by atomic mass is 10.2. The Kier molecular flexibility index (Phi) is 3.93. The summed E-state index contributed by atoms with van der Waals surface area (Å²) in [5, 5.41) is 19.9. The molecular formula is C11H4ClN3O4S. The van der Waals surface area contributed by atoms with Gasteiger partial charge in [0.1, 0.15) is 17.9 Å². The van der Waals surface area contributed by atoms with E-state index >= 15 is 0 Å². The van der Waals surface area contributed by atoms with Gasteiger partial charge in [-0.05, 0) is 12.1 Å². The molecule has 1 aromatic carbocycles. The number of hydrogen-bond donors (Lipinski definition) is 0. The minimum absolute atomic E-state index is 0.00503. The van der Waals surface area contributed by atoms with Crippen LogP contribution in [0.4, 0.5) is 5.69 Å². The van der Waals surface area contributed by atoms with Crippen molar-refractivity contribution in [1.29, 1.82) is 5.26 Å². The Morgan fingerprint density at radius 3 is 2.90 bits per heavy atom. The molecule has 0 aliphatic carbocycles. The molecule has 0 bridgehead atoms. The molecule has 0 saturated carbocycles. The van der Waals surface area contributed by atoms with Gasteiger partial charge in [-0.15, -0.1) is 0 Å². The molecule has 0 aliphatic rings. The number of ether oxygens (including phenoxy) is 1. The molecular weight excluding hydrogens is 306 g/mol. The SMILES string of the molecule is N#Cc1c(Cl)nsc1Oc1ccc(C=O)cc1[N+](=O)[O-]. The maximum atomic E-state index is 10.9. The van der Waals surface area contributed by atoms with Crippen molar-refractivity contribution in [2.45, 2.75) is 0 Å². The number of halogens is 1. The fourth-order valence-corrected chi connectivity index (χ4v) is 2.26. The van der Waals surface area contributed by atoms with Gasteiger partial charge in [0.25, 0.3) is 0 Å². The summed E-state index contributed by atoms with van der Waals surface area (Å²) in [6.45, 7) is 0. The number of benzene rings is 1. The summed E-state index contributed by atoms with van der Waals surface area (Å²) in [5.74, 6) is -0.0996. The maximum absolute atomic E-state index is 10.9. The Bertz CT molecular complexity index is 738. The number of hydrogen-bond acceptors (Lipinski definition) is 7. The third kappa shape index (κ3) is 2.59. The Balaban J connectivity index is 2.46. The van der Waals surface area contributed by atoms with Gasteiger partial charge < -0.3 is 4.74 Å². The smallest absolute Gasteiger partial charge is 0.312 e. The van der Waals surface area contributed by atoms with Gasteiger partial charge in [-0.2, -0.15) is 9.64 Å². The van der Waals surface area contributed by atoms with Crippen molar-refractivity contribution in [2.24, 2.45) is 0 Å². The lowest BCUT2D eigenvalue weighted by molar-refractivity contribution is -0.385. The molecule has 0 amide bonds. The van der Waals surface area contributed by atoms with E-state index in [0.717, 1.165) is 17.6 Å². The fourth-order valence-electron chi connectivity index (χ4n) is 1.36. The highest BCUT2D eigenvalue weighted by Gasteiger charge is 2.20. The molecule has 1 heterocycles. The van der Waals surface area contributed by atoms with Crippen molar-refractivity contribution in [3.8, 4) is 16.9 Å². The van der Waals surface area contributed by atoms with Crippen LogP contribution in [0.2, 0.25) is 5.15 Å². The molecule has 0 spiro atoms. The third-order valence-electron chi connectivity index (χ3n) is 2.25. The molecule has 0 N–H and O–H groups in total. The van der Waals surface area contributed by atoms with Gasteiger partial charge in [0.05, 0.1) is 4.92 Å². The van der Waals surface area contributed by atoms with Crippen LogP contribution < -0.4 is 4.74 Å². The Hall–Kier alpha value is -2.50. The van der Waals surface area contributed by atoms with E-state index in [9.17, 15) is 14.9 Å². The summed E-state index contributed by atoms with van der Waals surface area (Å²) >= 11 is 6.49. The number of nitrogens with zero attached hydrogens (tertiary/aromatic N) is 3. The van der Waals surface area contributed by atoms with Gasteiger partial charge >= 0.3 is 5.69 Å². The van der Waals surface area contributed by atoms with Crippen molar-refractivity contribution in [1.82, 2.24) is 4.37 Å². The number of rotatable bonds is 4. The van der Waals surface area contributed by atoms with Crippen LogP contribution in [0.1, 0.15) is 15.9 Å². The number of aromatic nitrogens is 1. The number of nitro benzene ring substituents is 1. The quantitative estimate of drug-likeness (QED) is 0.487. The number of carbonyl (C=O) groups is 1. The van der Waals surface area contributed by atoms with E-state index in [4.69, 9.17) is 21.6 Å². The zero-order valence-corrected chi connectivity index (χ0v) is 11.1. The molecule has 2 aromatic rings. The number of carbonyl (C=O) groups excluding carboxylic acids is 1. The second-order valence-corrected chi connectivity index (χ2v) is 4.55. The summed E-state index contributed by atoms with van der Waals surface area (Å²) in [6, 6.07) is 5.52. The molecule has 1 aromatic heterocycles. The monoisotopic (exact) mass is 309 g/mol. The van der Waals surface area contributed by atoms with Gasteiger partial charge in [0, 0.05) is 23.2 Å². The molecule has 0 atom stereocenters. The minimum atomic E-state index is -0.684. The van der Waals surface area contributed by atoms with E-state index in [1.165, 1.54) is 12.1 Å². The predicted molar refractivity (Wildman–Crippen MR) is 70.4 cm³/mol. The lowest BCUT2D eigenvalue weighted by Gasteiger charge is -2.04. The van der Waals surface area contributed by atoms with Crippen LogP contribution in [0.3, 0.4) is 0 Å². The van der Waals surface area contributed by atoms with Crippen LogP contribution >= 0.6 is 23.1 Å². The summed E-state index contributed by atoms with van der Waals surface area (Å²) < 4.78 is 9.03. The van der Waals surface area contributed by atoms with Crippen molar-refractivity contribution >= 4 is 35.1 Å². The fraction of sp³-hybridized carbons (Fsp3) is 0. The number of nitro groups is 1. The Morgan fingerprint density at radius 2 is 2.30 bits per heavy atom. The summed E-state index contributed by atoms with van der Waals surface area (Å²) in [6.07, 6.45) is 0.487.